The van der Waals surface area contributed by atoms with Crippen LogP contribution in [0.2, 0.25) is 0 Å². The minimum atomic E-state index is -0.935. The largest absolute Gasteiger partial charge is 0.457 e. The van der Waals surface area contributed by atoms with Gasteiger partial charge < -0.3 is 28.4 Å². The van der Waals surface area contributed by atoms with Crippen molar-refractivity contribution in [2.24, 2.45) is 0 Å². The van der Waals surface area contributed by atoms with Gasteiger partial charge in [-0.05, 0) is 84.6 Å². The van der Waals surface area contributed by atoms with Crippen LogP contribution in [0.25, 0.3) is 11.1 Å². The van der Waals surface area contributed by atoms with Crippen LogP contribution in [-0.2, 0) is 19.1 Å². The minimum Gasteiger partial charge on any atom is -0.457 e. The Morgan fingerprint density at radius 1 is 0.604 bits per heavy atom. The lowest BCUT2D eigenvalue weighted by molar-refractivity contribution is -0.145. The third kappa shape index (κ3) is 8.91. The molecule has 48 heavy (non-hydrogen) atoms. The molecular weight excluding hydrogens is 630 g/mol. The average Bonchev–Trinajstić information content (AvgIpc) is 3.06. The van der Waals surface area contributed by atoms with Crippen molar-refractivity contribution >= 4 is 23.9 Å². The third-order valence-corrected chi connectivity index (χ3v) is 6.56. The molecule has 0 saturated carbocycles. The number of carbonyl (C=O) groups is 4. The lowest BCUT2D eigenvalue weighted by Gasteiger charge is -2.14. The summed E-state index contributed by atoms with van der Waals surface area (Å²) >= 11 is 0. The van der Waals surface area contributed by atoms with Crippen molar-refractivity contribution in [3.63, 3.8) is 0 Å². The molecule has 0 bridgehead atoms. The number of ether oxygens (including phenoxy) is 6. The molecule has 0 radical (unpaired) electrons. The number of hydrogen-bond donors (Lipinski definition) is 0. The van der Waals surface area contributed by atoms with Crippen molar-refractivity contribution < 1.29 is 56.4 Å². The van der Waals surface area contributed by atoms with E-state index < -0.39 is 49.1 Å². The number of carbonyl (C=O) groups excluding carboxylic acids is 4. The van der Waals surface area contributed by atoms with Crippen molar-refractivity contribution in [2.75, 3.05) is 13.6 Å². The molecule has 0 aliphatic carbocycles. The van der Waals surface area contributed by atoms with Crippen molar-refractivity contribution in [3.8, 4) is 34.1 Å². The lowest BCUT2D eigenvalue weighted by Crippen LogP contribution is -2.13. The van der Waals surface area contributed by atoms with Crippen LogP contribution in [-0.4, -0.2) is 37.5 Å². The SMILES string of the molecule is C=CC(=O)OCOc1ccc(C(=O)Oc2ccc(-c3cc(C)c(OC(=O)c4ccc(OCOC(=O)C=C)cc4F)c(C)c3)cc2)c(F)c1. The summed E-state index contributed by atoms with van der Waals surface area (Å²) in [7, 11) is 0. The number of halogens is 2. The zero-order valence-electron chi connectivity index (χ0n) is 25.7. The predicted molar refractivity (Wildman–Crippen MR) is 168 cm³/mol. The van der Waals surface area contributed by atoms with Crippen LogP contribution in [0.5, 0.6) is 23.0 Å². The number of rotatable bonds is 13. The molecule has 0 aliphatic heterocycles. The van der Waals surface area contributed by atoms with E-state index >= 15 is 0 Å². The van der Waals surface area contributed by atoms with Crippen molar-refractivity contribution in [3.05, 3.63) is 132 Å². The second-order valence-electron chi connectivity index (χ2n) is 9.89. The molecule has 0 N–H and O–H groups in total. The van der Waals surface area contributed by atoms with Gasteiger partial charge in [0.1, 0.15) is 34.6 Å². The molecule has 246 valence electrons. The van der Waals surface area contributed by atoms with Gasteiger partial charge in [-0.2, -0.15) is 0 Å². The maximum Gasteiger partial charge on any atom is 0.346 e. The summed E-state index contributed by atoms with van der Waals surface area (Å²) in [5.41, 5.74) is 2.04. The fraction of sp³-hybridized carbons (Fsp3) is 0.111. The standard InChI is InChI=1S/C36H28F2O10/c1-5-32(39)45-19-43-26-11-13-28(30(37)17-26)35(41)47-25-9-7-23(8-10-25)24-15-21(3)34(22(4)16-24)48-36(42)29-14-12-27(18-31(29)38)44-20-46-33(40)6-2/h5-18H,1-2,19-20H2,3-4H3. The van der Waals surface area contributed by atoms with E-state index in [0.717, 1.165) is 35.4 Å². The Hall–Kier alpha value is -6.30. The van der Waals surface area contributed by atoms with Crippen LogP contribution < -0.4 is 18.9 Å². The molecule has 12 heteroatoms. The Labute approximate surface area is 273 Å². The second kappa shape index (κ2) is 15.8. The van der Waals surface area contributed by atoms with Gasteiger partial charge in [-0.1, -0.05) is 25.3 Å². The van der Waals surface area contributed by atoms with Crippen molar-refractivity contribution in [1.29, 1.82) is 0 Å². The van der Waals surface area contributed by atoms with Gasteiger partial charge in [-0.15, -0.1) is 0 Å². The first-order chi connectivity index (χ1) is 23.0. The number of esters is 4. The minimum absolute atomic E-state index is 0.0370. The molecule has 0 amide bonds. The highest BCUT2D eigenvalue weighted by atomic mass is 19.1. The Morgan fingerprint density at radius 2 is 1.04 bits per heavy atom. The highest BCUT2D eigenvalue weighted by Gasteiger charge is 2.19. The van der Waals surface area contributed by atoms with Crippen LogP contribution in [0, 0.1) is 25.5 Å². The van der Waals surface area contributed by atoms with Gasteiger partial charge in [0.05, 0.1) is 11.1 Å². The van der Waals surface area contributed by atoms with E-state index in [-0.39, 0.29) is 34.1 Å². The second-order valence-corrected chi connectivity index (χ2v) is 9.89. The smallest absolute Gasteiger partial charge is 0.346 e. The molecule has 0 aliphatic rings. The summed E-state index contributed by atoms with van der Waals surface area (Å²) in [6, 6.07) is 17.0. The Kier molecular flexibility index (Phi) is 11.4. The van der Waals surface area contributed by atoms with Crippen LogP contribution in [0.4, 0.5) is 8.78 Å². The summed E-state index contributed by atoms with van der Waals surface area (Å²) in [6.07, 6.45) is 1.91. The first-order valence-electron chi connectivity index (χ1n) is 14.1. The van der Waals surface area contributed by atoms with Crippen LogP contribution in [0.1, 0.15) is 31.8 Å². The van der Waals surface area contributed by atoms with Gasteiger partial charge >= 0.3 is 23.9 Å². The zero-order valence-corrected chi connectivity index (χ0v) is 25.7. The summed E-state index contributed by atoms with van der Waals surface area (Å²) in [6.45, 7) is 9.04. The average molecular weight is 659 g/mol. The molecular formula is C36H28F2O10. The Morgan fingerprint density at radius 3 is 1.48 bits per heavy atom. The molecule has 0 spiro atoms. The number of aryl methyl sites for hydroxylation is 2. The lowest BCUT2D eigenvalue weighted by atomic mass is 9.99. The highest BCUT2D eigenvalue weighted by molar-refractivity contribution is 5.92. The van der Waals surface area contributed by atoms with E-state index in [1.165, 1.54) is 36.4 Å². The summed E-state index contributed by atoms with van der Waals surface area (Å²) in [5.74, 6) is -4.56. The molecule has 0 atom stereocenters. The van der Waals surface area contributed by atoms with Gasteiger partial charge in [0.2, 0.25) is 13.6 Å². The Balaban J connectivity index is 1.38. The summed E-state index contributed by atoms with van der Waals surface area (Å²) in [5, 5.41) is 0. The van der Waals surface area contributed by atoms with E-state index in [9.17, 15) is 28.0 Å². The van der Waals surface area contributed by atoms with Crippen LogP contribution >= 0.6 is 0 Å². The molecule has 4 aromatic carbocycles. The van der Waals surface area contributed by atoms with Gasteiger partial charge in [0.15, 0.2) is 0 Å². The first-order valence-corrected chi connectivity index (χ1v) is 14.1. The van der Waals surface area contributed by atoms with E-state index in [0.29, 0.717) is 11.1 Å². The fourth-order valence-corrected chi connectivity index (χ4v) is 4.23. The van der Waals surface area contributed by atoms with E-state index in [2.05, 4.69) is 22.6 Å². The number of hydrogen-bond acceptors (Lipinski definition) is 10. The molecule has 4 rings (SSSR count). The molecule has 0 aromatic heterocycles. The highest BCUT2D eigenvalue weighted by Crippen LogP contribution is 2.32. The molecule has 0 unspecified atom stereocenters. The molecule has 0 fully saturated rings. The topological polar surface area (TPSA) is 124 Å². The first kappa shape index (κ1) is 34.6. The maximum absolute atomic E-state index is 14.7. The fourth-order valence-electron chi connectivity index (χ4n) is 4.23. The van der Waals surface area contributed by atoms with Gasteiger partial charge in [0.25, 0.3) is 0 Å². The maximum atomic E-state index is 14.7. The zero-order chi connectivity index (χ0) is 34.8. The third-order valence-electron chi connectivity index (χ3n) is 6.56. The Bertz CT molecular complexity index is 1860. The molecule has 0 saturated heterocycles. The monoisotopic (exact) mass is 658 g/mol. The van der Waals surface area contributed by atoms with E-state index in [1.54, 1.807) is 38.1 Å². The quantitative estimate of drug-likeness (QED) is 0.0655. The van der Waals surface area contributed by atoms with Crippen molar-refractivity contribution in [2.45, 2.75) is 13.8 Å². The summed E-state index contributed by atoms with van der Waals surface area (Å²) < 4.78 is 59.7. The normalized spacial score (nSPS) is 10.3. The van der Waals surface area contributed by atoms with Crippen LogP contribution in [0.3, 0.4) is 0 Å². The molecule has 4 aromatic rings. The van der Waals surface area contributed by atoms with Crippen molar-refractivity contribution in [1.82, 2.24) is 0 Å². The van der Waals surface area contributed by atoms with Gasteiger partial charge in [-0.25, -0.2) is 28.0 Å². The van der Waals surface area contributed by atoms with Gasteiger partial charge in [0, 0.05) is 24.3 Å². The molecule has 10 nitrogen and oxygen atoms in total. The molecule has 0 heterocycles. The number of benzene rings is 4. The summed E-state index contributed by atoms with van der Waals surface area (Å²) in [4.78, 5) is 47.6. The van der Waals surface area contributed by atoms with E-state index in [1.807, 2.05) is 0 Å². The predicted octanol–water partition coefficient (Wildman–Crippen LogP) is 6.82. The van der Waals surface area contributed by atoms with E-state index in [4.69, 9.17) is 18.9 Å². The van der Waals surface area contributed by atoms with Crippen LogP contribution in [0.15, 0.2) is 98.1 Å². The van der Waals surface area contributed by atoms with Gasteiger partial charge in [-0.3, -0.25) is 0 Å².